The van der Waals surface area contributed by atoms with Gasteiger partial charge in [-0.3, -0.25) is 4.68 Å². The minimum Gasteiger partial charge on any atom is -0.493 e. The van der Waals surface area contributed by atoms with Crippen LogP contribution >= 0.6 is 11.6 Å². The number of aromatic nitrogens is 2. The minimum absolute atomic E-state index is 0.290. The molecule has 0 aliphatic rings. The lowest BCUT2D eigenvalue weighted by molar-refractivity contribution is 0.404. The third kappa shape index (κ3) is 2.57. The molecule has 0 fully saturated rings. The van der Waals surface area contributed by atoms with E-state index >= 15 is 0 Å². The summed E-state index contributed by atoms with van der Waals surface area (Å²) < 4.78 is 20.1. The standard InChI is InChI=1S/C13H15ClFN3O/c1-3-18-13(11(19-2)7-17-18)12(16)9-5-4-8(15)6-10(9)14/h4-7,12H,3,16H2,1-2H3. The third-order valence-corrected chi connectivity index (χ3v) is 3.28. The Hall–Kier alpha value is -1.59. The van der Waals surface area contributed by atoms with E-state index in [1.54, 1.807) is 24.1 Å². The van der Waals surface area contributed by atoms with Gasteiger partial charge in [-0.1, -0.05) is 17.7 Å². The summed E-state index contributed by atoms with van der Waals surface area (Å²) in [5.41, 5.74) is 7.57. The Bertz CT molecular complexity index is 564. The summed E-state index contributed by atoms with van der Waals surface area (Å²) in [6.07, 6.45) is 1.61. The summed E-state index contributed by atoms with van der Waals surface area (Å²) in [6.45, 7) is 2.61. The van der Waals surface area contributed by atoms with Crippen molar-refractivity contribution in [2.45, 2.75) is 19.5 Å². The Kier molecular flexibility index (Phi) is 4.07. The van der Waals surface area contributed by atoms with E-state index in [9.17, 15) is 4.39 Å². The Morgan fingerprint density at radius 1 is 1.53 bits per heavy atom. The molecule has 1 unspecified atom stereocenters. The number of rotatable bonds is 4. The van der Waals surface area contributed by atoms with E-state index in [1.807, 2.05) is 6.92 Å². The molecule has 0 bridgehead atoms. The van der Waals surface area contributed by atoms with Crippen LogP contribution in [0.2, 0.25) is 5.02 Å². The SMILES string of the molecule is CCn1ncc(OC)c1C(N)c1ccc(F)cc1Cl. The molecule has 0 amide bonds. The van der Waals surface area contributed by atoms with Crippen molar-refractivity contribution < 1.29 is 9.13 Å². The molecule has 0 saturated carbocycles. The highest BCUT2D eigenvalue weighted by Crippen LogP contribution is 2.32. The first-order chi connectivity index (χ1) is 9.08. The molecule has 1 aromatic heterocycles. The maximum absolute atomic E-state index is 13.1. The van der Waals surface area contributed by atoms with Gasteiger partial charge < -0.3 is 10.5 Å². The van der Waals surface area contributed by atoms with E-state index in [0.29, 0.717) is 22.9 Å². The van der Waals surface area contributed by atoms with Gasteiger partial charge >= 0.3 is 0 Å². The van der Waals surface area contributed by atoms with Gasteiger partial charge in [0.05, 0.1) is 19.3 Å². The van der Waals surface area contributed by atoms with E-state index < -0.39 is 11.9 Å². The van der Waals surface area contributed by atoms with Crippen LogP contribution in [-0.2, 0) is 6.54 Å². The number of ether oxygens (including phenoxy) is 1. The number of hydrogen-bond acceptors (Lipinski definition) is 3. The molecule has 19 heavy (non-hydrogen) atoms. The zero-order valence-electron chi connectivity index (χ0n) is 10.7. The van der Waals surface area contributed by atoms with Crippen molar-refractivity contribution in [1.29, 1.82) is 0 Å². The van der Waals surface area contributed by atoms with Crippen LogP contribution in [0.1, 0.15) is 24.2 Å². The summed E-state index contributed by atoms with van der Waals surface area (Å²) in [5.74, 6) is 0.201. The van der Waals surface area contributed by atoms with Crippen LogP contribution in [0.15, 0.2) is 24.4 Å². The average Bonchev–Trinajstić information content (AvgIpc) is 2.80. The topological polar surface area (TPSA) is 53.1 Å². The lowest BCUT2D eigenvalue weighted by atomic mass is 10.0. The molecular formula is C13H15ClFN3O. The van der Waals surface area contributed by atoms with E-state index in [0.717, 1.165) is 5.69 Å². The fourth-order valence-electron chi connectivity index (χ4n) is 2.00. The van der Waals surface area contributed by atoms with Crippen molar-refractivity contribution in [2.24, 2.45) is 5.73 Å². The Labute approximate surface area is 115 Å². The fraction of sp³-hybridized carbons (Fsp3) is 0.308. The van der Waals surface area contributed by atoms with E-state index in [2.05, 4.69) is 5.10 Å². The van der Waals surface area contributed by atoms with Gasteiger partial charge in [0, 0.05) is 11.6 Å². The van der Waals surface area contributed by atoms with Crippen molar-refractivity contribution >= 4 is 11.6 Å². The highest BCUT2D eigenvalue weighted by Gasteiger charge is 2.21. The molecule has 0 spiro atoms. The van der Waals surface area contributed by atoms with E-state index in [1.165, 1.54) is 12.1 Å². The van der Waals surface area contributed by atoms with Gasteiger partial charge in [-0.15, -0.1) is 0 Å². The molecule has 0 radical (unpaired) electrons. The number of nitrogens with zero attached hydrogens (tertiary/aromatic N) is 2. The molecule has 102 valence electrons. The van der Waals surface area contributed by atoms with Crippen molar-refractivity contribution in [2.75, 3.05) is 7.11 Å². The van der Waals surface area contributed by atoms with Crippen LogP contribution in [0, 0.1) is 5.82 Å². The number of benzene rings is 1. The molecule has 4 nitrogen and oxygen atoms in total. The zero-order valence-corrected chi connectivity index (χ0v) is 11.5. The third-order valence-electron chi connectivity index (χ3n) is 2.96. The molecule has 6 heteroatoms. The normalized spacial score (nSPS) is 12.5. The molecule has 1 heterocycles. The van der Waals surface area contributed by atoms with Gasteiger partial charge in [-0.25, -0.2) is 4.39 Å². The molecule has 2 rings (SSSR count). The molecule has 1 atom stereocenters. The summed E-state index contributed by atoms with van der Waals surface area (Å²) >= 11 is 6.04. The van der Waals surface area contributed by atoms with Gasteiger partial charge in [0.2, 0.25) is 0 Å². The van der Waals surface area contributed by atoms with Gasteiger partial charge in [-0.2, -0.15) is 5.10 Å². The second-order valence-electron chi connectivity index (χ2n) is 4.06. The summed E-state index contributed by atoms with van der Waals surface area (Å²) in [6, 6.07) is 3.63. The quantitative estimate of drug-likeness (QED) is 0.939. The van der Waals surface area contributed by atoms with Crippen LogP contribution in [0.3, 0.4) is 0 Å². The second-order valence-corrected chi connectivity index (χ2v) is 4.46. The molecule has 0 aliphatic carbocycles. The van der Waals surface area contributed by atoms with Gasteiger partial charge in [0.1, 0.15) is 11.5 Å². The molecule has 0 aliphatic heterocycles. The number of hydrogen-bond donors (Lipinski definition) is 1. The summed E-state index contributed by atoms with van der Waals surface area (Å²) in [7, 11) is 1.56. The smallest absolute Gasteiger partial charge is 0.161 e. The predicted molar refractivity (Wildman–Crippen MR) is 71.9 cm³/mol. The first kappa shape index (κ1) is 13.8. The second kappa shape index (κ2) is 5.59. The Morgan fingerprint density at radius 2 is 2.26 bits per heavy atom. The minimum atomic E-state index is -0.523. The van der Waals surface area contributed by atoms with Crippen LogP contribution < -0.4 is 10.5 Å². The Balaban J connectivity index is 2.48. The average molecular weight is 284 g/mol. The van der Waals surface area contributed by atoms with Crippen LogP contribution in [0.4, 0.5) is 4.39 Å². The highest BCUT2D eigenvalue weighted by molar-refractivity contribution is 6.31. The van der Waals surface area contributed by atoms with Crippen molar-refractivity contribution in [3.8, 4) is 5.75 Å². The summed E-state index contributed by atoms with van der Waals surface area (Å²) in [4.78, 5) is 0. The molecule has 1 aromatic carbocycles. The van der Waals surface area contributed by atoms with E-state index in [4.69, 9.17) is 22.1 Å². The maximum atomic E-state index is 13.1. The van der Waals surface area contributed by atoms with Gasteiger partial charge in [0.15, 0.2) is 5.75 Å². The number of aryl methyl sites for hydroxylation is 1. The lowest BCUT2D eigenvalue weighted by Crippen LogP contribution is -2.18. The largest absolute Gasteiger partial charge is 0.493 e. The van der Waals surface area contributed by atoms with Crippen LogP contribution in [0.25, 0.3) is 0 Å². The predicted octanol–water partition coefficient (Wildman–Crippen LogP) is 2.75. The highest BCUT2D eigenvalue weighted by atomic mass is 35.5. The van der Waals surface area contributed by atoms with E-state index in [-0.39, 0.29) is 0 Å². The number of halogens is 2. The zero-order chi connectivity index (χ0) is 14.0. The number of methoxy groups -OCH3 is 1. The number of nitrogens with two attached hydrogens (primary N) is 1. The van der Waals surface area contributed by atoms with Crippen molar-refractivity contribution in [3.05, 3.63) is 46.5 Å². The van der Waals surface area contributed by atoms with Crippen LogP contribution in [0.5, 0.6) is 5.75 Å². The van der Waals surface area contributed by atoms with Crippen molar-refractivity contribution in [1.82, 2.24) is 9.78 Å². The van der Waals surface area contributed by atoms with Crippen LogP contribution in [-0.4, -0.2) is 16.9 Å². The molecule has 2 N–H and O–H groups in total. The first-order valence-electron chi connectivity index (χ1n) is 5.88. The van der Waals surface area contributed by atoms with Crippen molar-refractivity contribution in [3.63, 3.8) is 0 Å². The first-order valence-corrected chi connectivity index (χ1v) is 6.26. The van der Waals surface area contributed by atoms with Gasteiger partial charge in [0.25, 0.3) is 0 Å². The summed E-state index contributed by atoms with van der Waals surface area (Å²) in [5, 5.41) is 4.48. The fourth-order valence-corrected chi connectivity index (χ4v) is 2.29. The Morgan fingerprint density at radius 3 is 2.84 bits per heavy atom. The maximum Gasteiger partial charge on any atom is 0.161 e. The lowest BCUT2D eigenvalue weighted by Gasteiger charge is -2.16. The molecule has 0 saturated heterocycles. The monoisotopic (exact) mass is 283 g/mol. The molecular weight excluding hydrogens is 269 g/mol. The van der Waals surface area contributed by atoms with Gasteiger partial charge in [-0.05, 0) is 24.6 Å². The molecule has 2 aromatic rings.